The molecule has 23 heavy (non-hydrogen) atoms. The van der Waals surface area contributed by atoms with Crippen LogP contribution in [0.2, 0.25) is 0 Å². The zero-order valence-corrected chi connectivity index (χ0v) is 13.5. The van der Waals surface area contributed by atoms with Crippen molar-refractivity contribution < 1.29 is 18.0 Å². The molecule has 0 aromatic heterocycles. The summed E-state index contributed by atoms with van der Waals surface area (Å²) in [5.74, 6) is -0.465. The maximum absolute atomic E-state index is 12.9. The zero-order valence-electron chi connectivity index (χ0n) is 12.6. The number of carbonyl (C=O) groups excluding carboxylic acids is 1. The highest BCUT2D eigenvalue weighted by Gasteiger charge is 2.33. The molecule has 0 fully saturated rings. The lowest BCUT2D eigenvalue weighted by Gasteiger charge is -2.16. The van der Waals surface area contributed by atoms with Crippen molar-refractivity contribution in [2.24, 2.45) is 0 Å². The van der Waals surface area contributed by atoms with Crippen LogP contribution in [0.25, 0.3) is 0 Å². The number of aryl methyl sites for hydroxylation is 1. The molecule has 0 spiro atoms. The Labute approximate surface area is 137 Å². The van der Waals surface area contributed by atoms with Gasteiger partial charge in [-0.3, -0.25) is 4.79 Å². The lowest BCUT2D eigenvalue weighted by Crippen LogP contribution is -2.24. The molecule has 0 aliphatic heterocycles. The van der Waals surface area contributed by atoms with E-state index >= 15 is 0 Å². The van der Waals surface area contributed by atoms with Gasteiger partial charge in [-0.2, -0.15) is 13.2 Å². The van der Waals surface area contributed by atoms with Gasteiger partial charge >= 0.3 is 6.18 Å². The van der Waals surface area contributed by atoms with E-state index in [0.29, 0.717) is 0 Å². The van der Waals surface area contributed by atoms with Gasteiger partial charge < -0.3 is 5.32 Å². The second-order valence-corrected chi connectivity index (χ2v) is 6.52. The molecule has 0 radical (unpaired) electrons. The van der Waals surface area contributed by atoms with Gasteiger partial charge in [0.1, 0.15) is 0 Å². The standard InChI is InChI=1S/C17H16F3NOS/c1-11-7-9-13(10-8-11)23-12(2)16(22)21-15-6-4-3-5-14(15)17(18,19)20/h3-10,12H,1-2H3,(H,21,22)/t12-/m1/s1. The number of para-hydroxylation sites is 1. The first-order valence-corrected chi connectivity index (χ1v) is 7.86. The summed E-state index contributed by atoms with van der Waals surface area (Å²) >= 11 is 1.30. The highest BCUT2D eigenvalue weighted by molar-refractivity contribution is 8.00. The second-order valence-electron chi connectivity index (χ2n) is 5.11. The largest absolute Gasteiger partial charge is 0.418 e. The van der Waals surface area contributed by atoms with E-state index in [9.17, 15) is 18.0 Å². The average Bonchev–Trinajstić information content (AvgIpc) is 2.49. The molecule has 122 valence electrons. The molecule has 1 N–H and O–H groups in total. The number of hydrogen-bond acceptors (Lipinski definition) is 2. The van der Waals surface area contributed by atoms with Crippen LogP contribution in [0.3, 0.4) is 0 Å². The summed E-state index contributed by atoms with van der Waals surface area (Å²) in [5, 5.41) is 1.85. The van der Waals surface area contributed by atoms with E-state index in [4.69, 9.17) is 0 Å². The molecule has 0 aliphatic carbocycles. The quantitative estimate of drug-likeness (QED) is 0.782. The van der Waals surface area contributed by atoms with Gasteiger partial charge in [0.25, 0.3) is 0 Å². The van der Waals surface area contributed by atoms with Gasteiger partial charge in [0.05, 0.1) is 16.5 Å². The van der Waals surface area contributed by atoms with Gasteiger partial charge in [0.15, 0.2) is 0 Å². The van der Waals surface area contributed by atoms with Crippen molar-refractivity contribution in [2.75, 3.05) is 5.32 Å². The zero-order chi connectivity index (χ0) is 17.0. The number of alkyl halides is 3. The van der Waals surface area contributed by atoms with E-state index in [-0.39, 0.29) is 5.69 Å². The third-order valence-corrected chi connectivity index (χ3v) is 4.31. The molecule has 0 bridgehead atoms. The SMILES string of the molecule is Cc1ccc(S[C@H](C)C(=O)Nc2ccccc2C(F)(F)F)cc1. The van der Waals surface area contributed by atoms with Crippen LogP contribution in [0.4, 0.5) is 18.9 Å². The molecule has 2 aromatic rings. The molecular weight excluding hydrogens is 323 g/mol. The summed E-state index contributed by atoms with van der Waals surface area (Å²) in [7, 11) is 0. The van der Waals surface area contributed by atoms with E-state index < -0.39 is 22.9 Å². The van der Waals surface area contributed by atoms with Gasteiger partial charge in [0.2, 0.25) is 5.91 Å². The first-order valence-electron chi connectivity index (χ1n) is 6.98. The fourth-order valence-corrected chi connectivity index (χ4v) is 2.82. The Bertz CT molecular complexity index is 683. The van der Waals surface area contributed by atoms with Crippen LogP contribution < -0.4 is 5.32 Å². The molecule has 2 aromatic carbocycles. The lowest BCUT2D eigenvalue weighted by atomic mass is 10.1. The minimum Gasteiger partial charge on any atom is -0.325 e. The fourth-order valence-electron chi connectivity index (χ4n) is 1.95. The molecule has 2 nitrogen and oxygen atoms in total. The molecule has 0 unspecified atom stereocenters. The number of benzene rings is 2. The Balaban J connectivity index is 2.08. The van der Waals surface area contributed by atoms with E-state index in [1.807, 2.05) is 31.2 Å². The summed E-state index contributed by atoms with van der Waals surface area (Å²) in [6, 6.07) is 12.6. The molecular formula is C17H16F3NOS. The maximum Gasteiger partial charge on any atom is 0.418 e. The molecule has 2 rings (SSSR count). The van der Waals surface area contributed by atoms with Crippen molar-refractivity contribution in [1.29, 1.82) is 0 Å². The smallest absolute Gasteiger partial charge is 0.325 e. The van der Waals surface area contributed by atoms with Crippen LogP contribution in [0.1, 0.15) is 18.1 Å². The predicted octanol–water partition coefficient (Wildman–Crippen LogP) is 5.13. The number of amides is 1. The highest BCUT2D eigenvalue weighted by Crippen LogP contribution is 2.35. The van der Waals surface area contributed by atoms with Crippen LogP contribution in [0, 0.1) is 6.92 Å². The van der Waals surface area contributed by atoms with Crippen molar-refractivity contribution in [3.8, 4) is 0 Å². The van der Waals surface area contributed by atoms with Crippen molar-refractivity contribution in [3.63, 3.8) is 0 Å². The lowest BCUT2D eigenvalue weighted by molar-refractivity contribution is -0.137. The van der Waals surface area contributed by atoms with Crippen molar-refractivity contribution >= 4 is 23.4 Å². The van der Waals surface area contributed by atoms with E-state index in [0.717, 1.165) is 16.5 Å². The fraction of sp³-hybridized carbons (Fsp3) is 0.235. The Hall–Kier alpha value is -1.95. The minimum atomic E-state index is -4.50. The first kappa shape index (κ1) is 17.4. The number of thioether (sulfide) groups is 1. The summed E-state index contributed by atoms with van der Waals surface area (Å²) in [6.07, 6.45) is -4.50. The van der Waals surface area contributed by atoms with Gasteiger partial charge in [-0.05, 0) is 38.1 Å². The van der Waals surface area contributed by atoms with Gasteiger partial charge in [0, 0.05) is 4.90 Å². The van der Waals surface area contributed by atoms with E-state index in [1.54, 1.807) is 6.92 Å². The van der Waals surface area contributed by atoms with Gasteiger partial charge in [-0.25, -0.2) is 0 Å². The number of rotatable bonds is 4. The second kappa shape index (κ2) is 7.08. The molecule has 0 saturated carbocycles. The van der Waals surface area contributed by atoms with Gasteiger partial charge in [-0.1, -0.05) is 29.8 Å². The van der Waals surface area contributed by atoms with Crippen LogP contribution in [0.15, 0.2) is 53.4 Å². The molecule has 6 heteroatoms. The summed E-state index contributed by atoms with van der Waals surface area (Å²) in [4.78, 5) is 13.1. The molecule has 0 heterocycles. The minimum absolute atomic E-state index is 0.221. The normalized spacial score (nSPS) is 12.7. The van der Waals surface area contributed by atoms with E-state index in [1.165, 1.54) is 30.0 Å². The Morgan fingerprint density at radius 2 is 1.70 bits per heavy atom. The third-order valence-electron chi connectivity index (χ3n) is 3.19. The van der Waals surface area contributed by atoms with E-state index in [2.05, 4.69) is 5.32 Å². The first-order chi connectivity index (χ1) is 10.8. The van der Waals surface area contributed by atoms with Crippen LogP contribution in [0.5, 0.6) is 0 Å². The third kappa shape index (κ3) is 4.76. The van der Waals surface area contributed by atoms with Crippen molar-refractivity contribution in [1.82, 2.24) is 0 Å². The number of anilines is 1. The average molecular weight is 339 g/mol. The number of nitrogens with one attached hydrogen (secondary N) is 1. The topological polar surface area (TPSA) is 29.1 Å². The molecule has 1 atom stereocenters. The highest BCUT2D eigenvalue weighted by atomic mass is 32.2. The molecule has 1 amide bonds. The summed E-state index contributed by atoms with van der Waals surface area (Å²) in [6.45, 7) is 3.62. The number of hydrogen-bond donors (Lipinski definition) is 1. The van der Waals surface area contributed by atoms with Crippen molar-refractivity contribution in [2.45, 2.75) is 30.2 Å². The summed E-state index contributed by atoms with van der Waals surface area (Å²) in [5.41, 5.74) is 0.0350. The monoisotopic (exact) mass is 339 g/mol. The van der Waals surface area contributed by atoms with Crippen LogP contribution in [-0.2, 0) is 11.0 Å². The van der Waals surface area contributed by atoms with Crippen molar-refractivity contribution in [3.05, 3.63) is 59.7 Å². The van der Waals surface area contributed by atoms with Gasteiger partial charge in [-0.15, -0.1) is 11.8 Å². The Morgan fingerprint density at radius 1 is 1.09 bits per heavy atom. The molecule has 0 aliphatic rings. The summed E-state index contributed by atoms with van der Waals surface area (Å²) < 4.78 is 38.8. The van der Waals surface area contributed by atoms with Crippen LogP contribution >= 0.6 is 11.8 Å². The number of halogens is 3. The van der Waals surface area contributed by atoms with Crippen LogP contribution in [-0.4, -0.2) is 11.2 Å². The number of carbonyl (C=O) groups is 1. The molecule has 0 saturated heterocycles. The maximum atomic E-state index is 12.9. The predicted molar refractivity (Wildman–Crippen MR) is 86.6 cm³/mol. The Morgan fingerprint density at radius 3 is 2.30 bits per heavy atom. The Kier molecular flexibility index (Phi) is 5.36.